The van der Waals surface area contributed by atoms with Crippen molar-refractivity contribution in [1.29, 1.82) is 0 Å². The summed E-state index contributed by atoms with van der Waals surface area (Å²) in [6.45, 7) is 0.246. The summed E-state index contributed by atoms with van der Waals surface area (Å²) in [6.07, 6.45) is -0.389. The van der Waals surface area contributed by atoms with Crippen molar-refractivity contribution in [2.45, 2.75) is 12.5 Å². The van der Waals surface area contributed by atoms with Gasteiger partial charge < -0.3 is 5.11 Å². The summed E-state index contributed by atoms with van der Waals surface area (Å²) in [6, 6.07) is 0. The monoisotopic (exact) mass is 192 g/mol. The molecular formula is C5H9ClN4O2. The molecule has 12 heavy (non-hydrogen) atoms. The first-order chi connectivity index (χ1) is 5.72. The van der Waals surface area contributed by atoms with E-state index in [0.717, 1.165) is 0 Å². The van der Waals surface area contributed by atoms with Crippen LogP contribution in [0.3, 0.4) is 0 Å². The minimum Gasteiger partial charge on any atom is -0.391 e. The van der Waals surface area contributed by atoms with Gasteiger partial charge in [-0.2, -0.15) is 5.10 Å². The van der Waals surface area contributed by atoms with Crippen LogP contribution in [0.1, 0.15) is 5.82 Å². The highest BCUT2D eigenvalue weighted by atomic mass is 35.5. The van der Waals surface area contributed by atoms with E-state index >= 15 is 0 Å². The van der Waals surface area contributed by atoms with Crippen LogP contribution in [-0.4, -0.2) is 32.9 Å². The molecule has 0 bridgehead atoms. The molecule has 0 aromatic carbocycles. The van der Waals surface area contributed by atoms with Crippen LogP contribution in [0, 0.1) is 0 Å². The number of H-pyrrole nitrogens is 2. The predicted molar refractivity (Wildman–Crippen MR) is 42.8 cm³/mol. The van der Waals surface area contributed by atoms with Crippen molar-refractivity contribution in [3.05, 3.63) is 16.3 Å². The lowest BCUT2D eigenvalue weighted by molar-refractivity contribution is 0.177. The van der Waals surface area contributed by atoms with E-state index in [2.05, 4.69) is 20.0 Å². The Bertz CT molecular complexity index is 283. The zero-order valence-electron chi connectivity index (χ0n) is 6.17. The van der Waals surface area contributed by atoms with Crippen LogP contribution >= 0.6 is 11.8 Å². The van der Waals surface area contributed by atoms with Crippen molar-refractivity contribution >= 4 is 11.8 Å². The average Bonchev–Trinajstić information content (AvgIpc) is 2.36. The highest BCUT2D eigenvalue weighted by Crippen LogP contribution is 1.91. The zero-order valence-corrected chi connectivity index (χ0v) is 6.93. The van der Waals surface area contributed by atoms with Crippen LogP contribution in [0.15, 0.2) is 4.79 Å². The fourth-order valence-electron chi connectivity index (χ4n) is 0.786. The van der Waals surface area contributed by atoms with Gasteiger partial charge in [0.1, 0.15) is 5.82 Å². The molecule has 0 radical (unpaired) electrons. The number of halogens is 1. The second-order valence-corrected chi connectivity index (χ2v) is 2.59. The third kappa shape index (κ3) is 2.65. The Labute approximate surface area is 73.1 Å². The van der Waals surface area contributed by atoms with Gasteiger partial charge in [-0.1, -0.05) is 0 Å². The maximum absolute atomic E-state index is 10.5. The SMILES string of the molecule is O=c1[nH]nc(CC(O)CNCl)[nH]1. The van der Waals surface area contributed by atoms with E-state index in [9.17, 15) is 9.90 Å². The summed E-state index contributed by atoms with van der Waals surface area (Å²) in [4.78, 5) is 15.2. The van der Waals surface area contributed by atoms with Gasteiger partial charge in [0, 0.05) is 13.0 Å². The third-order valence-electron chi connectivity index (χ3n) is 1.29. The Morgan fingerprint density at radius 2 is 2.50 bits per heavy atom. The summed E-state index contributed by atoms with van der Waals surface area (Å²) in [5.41, 5.74) is -0.379. The topological polar surface area (TPSA) is 93.8 Å². The summed E-state index contributed by atoms with van der Waals surface area (Å²) < 4.78 is 0. The fraction of sp³-hybridized carbons (Fsp3) is 0.600. The minimum absolute atomic E-state index is 0.246. The van der Waals surface area contributed by atoms with E-state index in [1.165, 1.54) is 0 Å². The molecule has 68 valence electrons. The van der Waals surface area contributed by atoms with Crippen LogP contribution in [0.2, 0.25) is 0 Å². The largest absolute Gasteiger partial charge is 0.391 e. The highest BCUT2D eigenvalue weighted by molar-refractivity contribution is 6.13. The van der Waals surface area contributed by atoms with Gasteiger partial charge in [0.05, 0.1) is 6.10 Å². The van der Waals surface area contributed by atoms with E-state index in [0.29, 0.717) is 5.82 Å². The highest BCUT2D eigenvalue weighted by Gasteiger charge is 2.06. The molecule has 0 saturated heterocycles. The Morgan fingerprint density at radius 3 is 3.00 bits per heavy atom. The maximum Gasteiger partial charge on any atom is 0.340 e. The molecular weight excluding hydrogens is 184 g/mol. The third-order valence-corrected chi connectivity index (χ3v) is 1.45. The van der Waals surface area contributed by atoms with E-state index in [1.807, 2.05) is 0 Å². The number of hydrogen-bond acceptors (Lipinski definition) is 4. The van der Waals surface area contributed by atoms with Crippen LogP contribution < -0.4 is 10.5 Å². The van der Waals surface area contributed by atoms with E-state index in [1.54, 1.807) is 0 Å². The second kappa shape index (κ2) is 4.24. The summed E-state index contributed by atoms with van der Waals surface area (Å²) in [5.74, 6) is 0.416. The van der Waals surface area contributed by atoms with Crippen molar-refractivity contribution in [1.82, 2.24) is 20.0 Å². The molecule has 4 N–H and O–H groups in total. The van der Waals surface area contributed by atoms with E-state index < -0.39 is 6.10 Å². The Balaban J connectivity index is 2.46. The van der Waals surface area contributed by atoms with Gasteiger partial charge in [-0.15, -0.1) is 0 Å². The lowest BCUT2D eigenvalue weighted by atomic mass is 10.2. The van der Waals surface area contributed by atoms with E-state index in [4.69, 9.17) is 11.8 Å². The molecule has 1 aromatic heterocycles. The fourth-order valence-corrected chi connectivity index (χ4v) is 0.964. The van der Waals surface area contributed by atoms with Crippen LogP contribution in [0.25, 0.3) is 0 Å². The molecule has 0 saturated carbocycles. The Morgan fingerprint density at radius 1 is 1.75 bits per heavy atom. The molecule has 1 unspecified atom stereocenters. The number of aliphatic hydroxyl groups is 1. The second-order valence-electron chi connectivity index (χ2n) is 2.32. The van der Waals surface area contributed by atoms with Gasteiger partial charge in [-0.3, -0.25) is 4.98 Å². The molecule has 1 rings (SSSR count). The molecule has 1 heterocycles. The number of aliphatic hydroxyl groups excluding tert-OH is 1. The van der Waals surface area contributed by atoms with Crippen molar-refractivity contribution in [2.24, 2.45) is 0 Å². The first-order valence-electron chi connectivity index (χ1n) is 3.37. The van der Waals surface area contributed by atoms with Gasteiger partial charge in [0.25, 0.3) is 0 Å². The molecule has 0 aliphatic heterocycles. The number of aromatic nitrogens is 3. The zero-order chi connectivity index (χ0) is 8.97. The molecule has 7 heteroatoms. The predicted octanol–water partition coefficient (Wildman–Crippen LogP) is -1.26. The first kappa shape index (κ1) is 9.24. The lowest BCUT2D eigenvalue weighted by Gasteiger charge is -2.04. The van der Waals surface area contributed by atoms with Crippen molar-refractivity contribution < 1.29 is 5.11 Å². The van der Waals surface area contributed by atoms with E-state index in [-0.39, 0.29) is 18.7 Å². The summed E-state index contributed by atoms with van der Waals surface area (Å²) in [5, 5.41) is 15.0. The first-order valence-corrected chi connectivity index (χ1v) is 3.75. The molecule has 6 nitrogen and oxygen atoms in total. The smallest absolute Gasteiger partial charge is 0.340 e. The molecule has 0 fully saturated rings. The molecule has 1 aromatic rings. The molecule has 0 spiro atoms. The molecule has 0 aliphatic rings. The maximum atomic E-state index is 10.5. The van der Waals surface area contributed by atoms with Gasteiger partial charge in [-0.25, -0.2) is 14.7 Å². The molecule has 1 atom stereocenters. The average molecular weight is 193 g/mol. The van der Waals surface area contributed by atoms with Crippen molar-refractivity contribution in [3.8, 4) is 0 Å². The number of aromatic amines is 2. The van der Waals surface area contributed by atoms with Crippen LogP contribution in [0.4, 0.5) is 0 Å². The number of nitrogens with zero attached hydrogens (tertiary/aromatic N) is 1. The standard InChI is InChI=1S/C5H9ClN4O2/c6-7-2-3(11)1-4-8-5(12)10-9-4/h3,7,11H,1-2H2,(H2,8,9,10,12). The number of rotatable bonds is 4. The van der Waals surface area contributed by atoms with Gasteiger partial charge in [0.15, 0.2) is 0 Å². The van der Waals surface area contributed by atoms with Crippen molar-refractivity contribution in [2.75, 3.05) is 6.54 Å². The lowest BCUT2D eigenvalue weighted by Crippen LogP contribution is -2.23. The summed E-state index contributed by atoms with van der Waals surface area (Å²) >= 11 is 5.16. The number of hydrogen-bond donors (Lipinski definition) is 4. The quantitative estimate of drug-likeness (QED) is 0.448. The van der Waals surface area contributed by atoms with Crippen molar-refractivity contribution in [3.63, 3.8) is 0 Å². The normalized spacial score (nSPS) is 13.2. The minimum atomic E-state index is -0.651. The van der Waals surface area contributed by atoms with Gasteiger partial charge in [0.2, 0.25) is 0 Å². The molecule has 0 amide bonds. The Hall–Kier alpha value is -0.850. The van der Waals surface area contributed by atoms with Crippen LogP contribution in [-0.2, 0) is 6.42 Å². The summed E-state index contributed by atoms with van der Waals surface area (Å²) in [7, 11) is 0. The Kier molecular flexibility index (Phi) is 3.27. The van der Waals surface area contributed by atoms with Gasteiger partial charge in [-0.05, 0) is 11.8 Å². The molecule has 0 aliphatic carbocycles. The number of nitrogens with one attached hydrogen (secondary N) is 3. The van der Waals surface area contributed by atoms with Crippen LogP contribution in [0.5, 0.6) is 0 Å². The van der Waals surface area contributed by atoms with Gasteiger partial charge >= 0.3 is 5.69 Å².